The third-order valence-electron chi connectivity index (χ3n) is 3.15. The van der Waals surface area contributed by atoms with Crippen molar-refractivity contribution in [1.82, 2.24) is 10.3 Å². The Kier molecular flexibility index (Phi) is 4.59. The highest BCUT2D eigenvalue weighted by atomic mass is 14.9. The van der Waals surface area contributed by atoms with Gasteiger partial charge in [-0.15, -0.1) is 0 Å². The molecule has 0 saturated carbocycles. The third-order valence-corrected chi connectivity index (χ3v) is 3.15. The quantitative estimate of drug-likeness (QED) is 0.795. The molecule has 2 heteroatoms. The Morgan fingerprint density at radius 2 is 1.94 bits per heavy atom. The van der Waals surface area contributed by atoms with Crippen molar-refractivity contribution in [3.63, 3.8) is 0 Å². The summed E-state index contributed by atoms with van der Waals surface area (Å²) in [7, 11) is 0. The van der Waals surface area contributed by atoms with E-state index in [1.807, 2.05) is 12.3 Å². The smallest absolute Gasteiger partial charge is 0.0453 e. The van der Waals surface area contributed by atoms with Gasteiger partial charge in [0.25, 0.3) is 0 Å². The van der Waals surface area contributed by atoms with E-state index in [0.717, 1.165) is 13.0 Å². The Labute approximate surface area is 109 Å². The maximum atomic E-state index is 3.52. The first-order valence-electron chi connectivity index (χ1n) is 6.75. The minimum Gasteiger partial charge on any atom is -0.361 e. The van der Waals surface area contributed by atoms with Gasteiger partial charge in [-0.25, -0.2) is 0 Å². The summed E-state index contributed by atoms with van der Waals surface area (Å²) in [6.07, 6.45) is 4.24. The molecule has 2 rings (SSSR count). The van der Waals surface area contributed by atoms with Gasteiger partial charge in [0, 0.05) is 17.9 Å². The number of nitrogens with one attached hydrogen (secondary N) is 2. The molecule has 2 N–H and O–H groups in total. The van der Waals surface area contributed by atoms with Crippen LogP contribution in [0.15, 0.2) is 42.6 Å². The minimum atomic E-state index is 0.543. The van der Waals surface area contributed by atoms with E-state index in [-0.39, 0.29) is 0 Å². The predicted molar refractivity (Wildman–Crippen MR) is 77.7 cm³/mol. The van der Waals surface area contributed by atoms with Crippen molar-refractivity contribution in [2.24, 2.45) is 0 Å². The minimum absolute atomic E-state index is 0.543. The molecule has 0 amide bonds. The molecule has 0 fully saturated rings. The molecule has 1 aromatic heterocycles. The standard InChI is InChI=1S/C16H22N2/c1-3-10-17-13(2)12-14-6-8-15(9-7-14)16-5-4-11-18-16/h4-9,11,13,17-18H,3,10,12H2,1-2H3. The average Bonchev–Trinajstić information content (AvgIpc) is 2.91. The predicted octanol–water partition coefficient (Wildman–Crippen LogP) is 3.61. The van der Waals surface area contributed by atoms with Crippen LogP contribution in [-0.4, -0.2) is 17.6 Å². The SMILES string of the molecule is CCCNC(C)Cc1ccc(-c2ccc[nH]2)cc1. The van der Waals surface area contributed by atoms with Crippen LogP contribution in [0.1, 0.15) is 25.8 Å². The van der Waals surface area contributed by atoms with Gasteiger partial charge in [0.1, 0.15) is 0 Å². The van der Waals surface area contributed by atoms with Crippen molar-refractivity contribution in [1.29, 1.82) is 0 Å². The Morgan fingerprint density at radius 3 is 2.56 bits per heavy atom. The average molecular weight is 242 g/mol. The van der Waals surface area contributed by atoms with Gasteiger partial charge in [-0.05, 0) is 49.6 Å². The fourth-order valence-electron chi connectivity index (χ4n) is 2.15. The van der Waals surface area contributed by atoms with E-state index in [4.69, 9.17) is 0 Å². The molecule has 96 valence electrons. The fraction of sp³-hybridized carbons (Fsp3) is 0.375. The van der Waals surface area contributed by atoms with Crippen LogP contribution < -0.4 is 5.32 Å². The van der Waals surface area contributed by atoms with E-state index < -0.39 is 0 Å². The summed E-state index contributed by atoms with van der Waals surface area (Å²) in [6, 6.07) is 13.5. The lowest BCUT2D eigenvalue weighted by atomic mass is 10.0. The van der Waals surface area contributed by atoms with Gasteiger partial charge in [0.05, 0.1) is 0 Å². The van der Waals surface area contributed by atoms with E-state index in [1.54, 1.807) is 0 Å². The monoisotopic (exact) mass is 242 g/mol. The molecule has 0 aliphatic heterocycles. The molecule has 0 aliphatic rings. The number of aromatic amines is 1. The van der Waals surface area contributed by atoms with Crippen molar-refractivity contribution in [2.75, 3.05) is 6.54 Å². The number of H-pyrrole nitrogens is 1. The Morgan fingerprint density at radius 1 is 1.17 bits per heavy atom. The molecule has 0 aliphatic carbocycles. The van der Waals surface area contributed by atoms with Crippen LogP contribution in [0.5, 0.6) is 0 Å². The first-order valence-corrected chi connectivity index (χ1v) is 6.75. The summed E-state index contributed by atoms with van der Waals surface area (Å²) in [4.78, 5) is 3.23. The van der Waals surface area contributed by atoms with Gasteiger partial charge in [0.15, 0.2) is 0 Å². The third kappa shape index (κ3) is 3.47. The molecule has 0 bridgehead atoms. The van der Waals surface area contributed by atoms with Crippen molar-refractivity contribution < 1.29 is 0 Å². The first kappa shape index (κ1) is 12.9. The number of rotatable bonds is 6. The molecule has 0 spiro atoms. The van der Waals surface area contributed by atoms with Crippen LogP contribution >= 0.6 is 0 Å². The highest BCUT2D eigenvalue weighted by molar-refractivity contribution is 5.59. The summed E-state index contributed by atoms with van der Waals surface area (Å²) in [5, 5.41) is 3.52. The highest BCUT2D eigenvalue weighted by Crippen LogP contribution is 2.17. The van der Waals surface area contributed by atoms with E-state index in [0.29, 0.717) is 6.04 Å². The Hall–Kier alpha value is -1.54. The summed E-state index contributed by atoms with van der Waals surface area (Å²) < 4.78 is 0. The number of benzene rings is 1. The van der Waals surface area contributed by atoms with Crippen LogP contribution in [-0.2, 0) is 6.42 Å². The molecule has 1 heterocycles. The second kappa shape index (κ2) is 6.41. The molecular formula is C16H22N2. The Balaban J connectivity index is 1.95. The summed E-state index contributed by atoms with van der Waals surface area (Å²) in [5.74, 6) is 0. The highest BCUT2D eigenvalue weighted by Gasteiger charge is 2.03. The normalized spacial score (nSPS) is 12.6. The lowest BCUT2D eigenvalue weighted by molar-refractivity contribution is 0.543. The molecule has 1 atom stereocenters. The summed E-state index contributed by atoms with van der Waals surface area (Å²) in [5.41, 5.74) is 3.82. The maximum Gasteiger partial charge on any atom is 0.0453 e. The van der Waals surface area contributed by atoms with Crippen molar-refractivity contribution in [2.45, 2.75) is 32.7 Å². The zero-order valence-electron chi connectivity index (χ0n) is 11.2. The zero-order chi connectivity index (χ0) is 12.8. The van der Waals surface area contributed by atoms with Gasteiger partial charge < -0.3 is 10.3 Å². The topological polar surface area (TPSA) is 27.8 Å². The van der Waals surface area contributed by atoms with Gasteiger partial charge in [-0.1, -0.05) is 31.2 Å². The lowest BCUT2D eigenvalue weighted by Crippen LogP contribution is -2.28. The van der Waals surface area contributed by atoms with Crippen molar-refractivity contribution in [3.05, 3.63) is 48.2 Å². The molecule has 1 unspecified atom stereocenters. The largest absolute Gasteiger partial charge is 0.361 e. The second-order valence-electron chi connectivity index (χ2n) is 4.84. The number of hydrogen-bond donors (Lipinski definition) is 2. The lowest BCUT2D eigenvalue weighted by Gasteiger charge is -2.13. The van der Waals surface area contributed by atoms with E-state index >= 15 is 0 Å². The van der Waals surface area contributed by atoms with E-state index in [9.17, 15) is 0 Å². The van der Waals surface area contributed by atoms with Crippen LogP contribution in [0, 0.1) is 0 Å². The summed E-state index contributed by atoms with van der Waals surface area (Å²) >= 11 is 0. The zero-order valence-corrected chi connectivity index (χ0v) is 11.2. The molecule has 2 aromatic rings. The number of hydrogen-bond acceptors (Lipinski definition) is 1. The maximum absolute atomic E-state index is 3.52. The van der Waals surface area contributed by atoms with Crippen molar-refractivity contribution >= 4 is 0 Å². The van der Waals surface area contributed by atoms with Crippen LogP contribution in [0.25, 0.3) is 11.3 Å². The van der Waals surface area contributed by atoms with Gasteiger partial charge >= 0.3 is 0 Å². The van der Waals surface area contributed by atoms with E-state index in [2.05, 4.69) is 54.5 Å². The van der Waals surface area contributed by atoms with E-state index in [1.165, 1.54) is 23.2 Å². The molecule has 2 nitrogen and oxygen atoms in total. The second-order valence-corrected chi connectivity index (χ2v) is 4.84. The molecule has 1 aromatic carbocycles. The molecule has 18 heavy (non-hydrogen) atoms. The van der Waals surface area contributed by atoms with Gasteiger partial charge in [-0.3, -0.25) is 0 Å². The molecular weight excluding hydrogens is 220 g/mol. The molecule has 0 saturated heterocycles. The number of aromatic nitrogens is 1. The molecule has 0 radical (unpaired) electrons. The Bertz CT molecular complexity index is 442. The van der Waals surface area contributed by atoms with Crippen LogP contribution in [0.3, 0.4) is 0 Å². The van der Waals surface area contributed by atoms with Crippen LogP contribution in [0.2, 0.25) is 0 Å². The first-order chi connectivity index (χ1) is 8.79. The summed E-state index contributed by atoms with van der Waals surface area (Å²) in [6.45, 7) is 5.54. The fourth-order valence-corrected chi connectivity index (χ4v) is 2.15. The van der Waals surface area contributed by atoms with Gasteiger partial charge in [0.2, 0.25) is 0 Å². The van der Waals surface area contributed by atoms with Crippen molar-refractivity contribution in [3.8, 4) is 11.3 Å². The van der Waals surface area contributed by atoms with Crippen LogP contribution in [0.4, 0.5) is 0 Å². The van der Waals surface area contributed by atoms with Gasteiger partial charge in [-0.2, -0.15) is 0 Å².